The van der Waals surface area contributed by atoms with Crippen LogP contribution in [0.25, 0.3) is 0 Å². The molecule has 0 spiro atoms. The second-order valence-corrected chi connectivity index (χ2v) is 6.53. The van der Waals surface area contributed by atoms with Gasteiger partial charge in [0.1, 0.15) is 5.15 Å². The smallest absolute Gasteiger partial charge is 0.130 e. The molecule has 1 aromatic carbocycles. The predicted octanol–water partition coefficient (Wildman–Crippen LogP) is 3.51. The molecule has 2 N–H and O–H groups in total. The van der Waals surface area contributed by atoms with Crippen molar-refractivity contribution in [3.8, 4) is 0 Å². The molecule has 1 aliphatic rings. The van der Waals surface area contributed by atoms with Gasteiger partial charge < -0.3 is 5.73 Å². The van der Waals surface area contributed by atoms with Crippen LogP contribution in [-0.2, 0) is 25.4 Å². The lowest BCUT2D eigenvalue weighted by atomic mass is 9.80. The summed E-state index contributed by atoms with van der Waals surface area (Å²) in [5, 5.41) is 5.12. The molecule has 3 nitrogen and oxygen atoms in total. The van der Waals surface area contributed by atoms with Gasteiger partial charge in [0.25, 0.3) is 0 Å². The van der Waals surface area contributed by atoms with E-state index < -0.39 is 0 Å². The number of rotatable bonds is 2. The quantitative estimate of drug-likeness (QED) is 0.863. The van der Waals surface area contributed by atoms with E-state index >= 15 is 0 Å². The maximum absolute atomic E-state index is 6.85. The molecule has 1 unspecified atom stereocenters. The fourth-order valence-corrected chi connectivity index (χ4v) is 3.73. The van der Waals surface area contributed by atoms with Gasteiger partial charge >= 0.3 is 0 Å². The first-order valence-electron chi connectivity index (χ1n) is 7.56. The maximum Gasteiger partial charge on any atom is 0.130 e. The Bertz CT molecular complexity index is 662. The average molecular weight is 304 g/mol. The number of aryl methyl sites for hydroxylation is 3. The summed E-state index contributed by atoms with van der Waals surface area (Å²) >= 11 is 6.41. The van der Waals surface area contributed by atoms with Gasteiger partial charge in [-0.25, -0.2) is 0 Å². The van der Waals surface area contributed by atoms with Gasteiger partial charge in [-0.2, -0.15) is 5.10 Å². The lowest BCUT2D eigenvalue weighted by Crippen LogP contribution is -2.39. The lowest BCUT2D eigenvalue weighted by molar-refractivity contribution is 0.398. The summed E-state index contributed by atoms with van der Waals surface area (Å²) < 4.78 is 1.73. The van der Waals surface area contributed by atoms with Crippen LogP contribution in [0.4, 0.5) is 0 Å². The van der Waals surface area contributed by atoms with Gasteiger partial charge in [-0.05, 0) is 43.7 Å². The molecule has 0 fully saturated rings. The molecule has 0 amide bonds. The third-order valence-electron chi connectivity index (χ3n) is 4.63. The summed E-state index contributed by atoms with van der Waals surface area (Å²) in [6.07, 6.45) is 5.23. The fraction of sp³-hybridized carbons (Fsp3) is 0.471. The average Bonchev–Trinajstić information content (AvgIpc) is 2.64. The van der Waals surface area contributed by atoms with Gasteiger partial charge in [-0.1, -0.05) is 42.3 Å². The summed E-state index contributed by atoms with van der Waals surface area (Å²) in [6.45, 7) is 2.01. The summed E-state index contributed by atoms with van der Waals surface area (Å²) in [5.74, 6) is 0. The molecule has 1 aromatic heterocycles. The van der Waals surface area contributed by atoms with E-state index in [1.54, 1.807) is 4.68 Å². The highest BCUT2D eigenvalue weighted by Crippen LogP contribution is 2.36. The minimum absolute atomic E-state index is 0.343. The van der Waals surface area contributed by atoms with Crippen molar-refractivity contribution in [1.82, 2.24) is 9.78 Å². The molecular formula is C17H22ClN3. The molecule has 3 rings (SSSR count). The maximum atomic E-state index is 6.85. The van der Waals surface area contributed by atoms with E-state index in [1.807, 2.05) is 14.0 Å². The molecule has 112 valence electrons. The Kier molecular flexibility index (Phi) is 3.80. The monoisotopic (exact) mass is 303 g/mol. The Morgan fingerprint density at radius 2 is 2.10 bits per heavy atom. The first kappa shape index (κ1) is 14.6. The largest absolute Gasteiger partial charge is 0.321 e. The molecule has 1 heterocycles. The first-order chi connectivity index (χ1) is 10.0. The normalized spacial score (nSPS) is 21.9. The standard InChI is InChI=1S/C17H22ClN3/c1-12-14(16(18)21(2)20-12)11-17(19)10-6-5-8-13-7-3-4-9-15(13)17/h3-4,7,9H,5-6,8,10-11,19H2,1-2H3. The van der Waals surface area contributed by atoms with E-state index in [-0.39, 0.29) is 5.54 Å². The number of hydrogen-bond donors (Lipinski definition) is 1. The first-order valence-corrected chi connectivity index (χ1v) is 7.94. The Morgan fingerprint density at radius 1 is 1.33 bits per heavy atom. The third kappa shape index (κ3) is 2.60. The van der Waals surface area contributed by atoms with Crippen LogP contribution in [0, 0.1) is 6.92 Å². The zero-order chi connectivity index (χ0) is 15.0. The number of hydrogen-bond acceptors (Lipinski definition) is 2. The number of fused-ring (bicyclic) bond motifs is 1. The van der Waals surface area contributed by atoms with Crippen molar-refractivity contribution in [2.75, 3.05) is 0 Å². The van der Waals surface area contributed by atoms with Gasteiger partial charge in [0.15, 0.2) is 0 Å². The van der Waals surface area contributed by atoms with Crippen LogP contribution in [0.2, 0.25) is 5.15 Å². The van der Waals surface area contributed by atoms with Crippen LogP contribution < -0.4 is 5.73 Å². The molecule has 0 aliphatic heterocycles. The Hall–Kier alpha value is -1.32. The zero-order valence-corrected chi connectivity index (χ0v) is 13.5. The number of benzene rings is 1. The van der Waals surface area contributed by atoms with Crippen LogP contribution in [0.3, 0.4) is 0 Å². The summed E-state index contributed by atoms with van der Waals surface area (Å²) in [4.78, 5) is 0. The summed E-state index contributed by atoms with van der Waals surface area (Å²) in [5.41, 5.74) is 11.2. The van der Waals surface area contributed by atoms with Gasteiger partial charge in [0, 0.05) is 18.2 Å². The van der Waals surface area contributed by atoms with Crippen molar-refractivity contribution < 1.29 is 0 Å². The molecule has 0 saturated heterocycles. The van der Waals surface area contributed by atoms with Crippen LogP contribution in [0.1, 0.15) is 41.6 Å². The van der Waals surface area contributed by atoms with Crippen LogP contribution in [0.15, 0.2) is 24.3 Å². The van der Waals surface area contributed by atoms with Crippen molar-refractivity contribution in [1.29, 1.82) is 0 Å². The third-order valence-corrected chi connectivity index (χ3v) is 5.11. The number of aromatic nitrogens is 2. The van der Waals surface area contributed by atoms with Crippen molar-refractivity contribution >= 4 is 11.6 Å². The Labute approximate surface area is 131 Å². The number of nitrogens with zero attached hydrogens (tertiary/aromatic N) is 2. The molecular weight excluding hydrogens is 282 g/mol. The second kappa shape index (κ2) is 5.47. The molecule has 4 heteroatoms. The predicted molar refractivity (Wildman–Crippen MR) is 86.5 cm³/mol. The van der Waals surface area contributed by atoms with Crippen LogP contribution in [0.5, 0.6) is 0 Å². The fourth-order valence-electron chi connectivity index (χ4n) is 3.49. The van der Waals surface area contributed by atoms with Crippen molar-refractivity contribution in [3.63, 3.8) is 0 Å². The molecule has 1 aliphatic carbocycles. The van der Waals surface area contributed by atoms with E-state index in [9.17, 15) is 0 Å². The van der Waals surface area contributed by atoms with Gasteiger partial charge in [-0.15, -0.1) is 0 Å². The van der Waals surface area contributed by atoms with Crippen molar-refractivity contribution in [2.45, 2.75) is 44.6 Å². The van der Waals surface area contributed by atoms with Gasteiger partial charge in [-0.3, -0.25) is 4.68 Å². The number of halogens is 1. The minimum atomic E-state index is -0.343. The Morgan fingerprint density at radius 3 is 2.81 bits per heavy atom. The lowest BCUT2D eigenvalue weighted by Gasteiger charge is -2.30. The van der Waals surface area contributed by atoms with E-state index in [0.717, 1.165) is 36.9 Å². The summed E-state index contributed by atoms with van der Waals surface area (Å²) in [7, 11) is 1.88. The molecule has 2 aromatic rings. The molecule has 0 bridgehead atoms. The molecule has 1 atom stereocenters. The highest BCUT2D eigenvalue weighted by atomic mass is 35.5. The van der Waals surface area contributed by atoms with Gasteiger partial charge in [0.05, 0.1) is 5.69 Å². The van der Waals surface area contributed by atoms with Crippen molar-refractivity contribution in [3.05, 3.63) is 51.8 Å². The minimum Gasteiger partial charge on any atom is -0.321 e. The zero-order valence-electron chi connectivity index (χ0n) is 12.7. The van der Waals surface area contributed by atoms with Crippen LogP contribution in [-0.4, -0.2) is 9.78 Å². The SMILES string of the molecule is Cc1nn(C)c(Cl)c1CC1(N)CCCCc2ccccc21. The molecule has 0 saturated carbocycles. The van der Waals surface area contributed by atoms with E-state index in [4.69, 9.17) is 17.3 Å². The van der Waals surface area contributed by atoms with Crippen LogP contribution >= 0.6 is 11.6 Å². The van der Waals surface area contributed by atoms with Crippen molar-refractivity contribution in [2.24, 2.45) is 12.8 Å². The van der Waals surface area contributed by atoms with E-state index in [0.29, 0.717) is 5.15 Å². The topological polar surface area (TPSA) is 43.8 Å². The summed E-state index contributed by atoms with van der Waals surface area (Å²) in [6, 6.07) is 8.58. The molecule has 21 heavy (non-hydrogen) atoms. The number of nitrogens with two attached hydrogens (primary N) is 1. The Balaban J connectivity index is 2.04. The van der Waals surface area contributed by atoms with Gasteiger partial charge in [0.2, 0.25) is 0 Å². The van der Waals surface area contributed by atoms with E-state index in [2.05, 4.69) is 29.4 Å². The second-order valence-electron chi connectivity index (χ2n) is 6.18. The molecule has 0 radical (unpaired) electrons. The van der Waals surface area contributed by atoms with E-state index in [1.165, 1.54) is 17.5 Å². The highest BCUT2D eigenvalue weighted by Gasteiger charge is 2.33. The highest BCUT2D eigenvalue weighted by molar-refractivity contribution is 6.30.